The van der Waals surface area contributed by atoms with Crippen LogP contribution < -0.4 is 4.90 Å². The number of halogens is 3. The Morgan fingerprint density at radius 1 is 1.19 bits per heavy atom. The summed E-state index contributed by atoms with van der Waals surface area (Å²) in [5.41, 5.74) is 0.606. The first-order valence-electron chi connectivity index (χ1n) is 6.72. The van der Waals surface area contributed by atoms with Gasteiger partial charge in [0.05, 0.1) is 17.1 Å². The summed E-state index contributed by atoms with van der Waals surface area (Å²) in [6, 6.07) is 4.59. The number of anilines is 1. The van der Waals surface area contributed by atoms with E-state index in [-0.39, 0.29) is 24.4 Å². The van der Waals surface area contributed by atoms with Gasteiger partial charge in [0.1, 0.15) is 0 Å². The summed E-state index contributed by atoms with van der Waals surface area (Å²) in [5.74, 6) is -2.68. The van der Waals surface area contributed by atoms with Crippen LogP contribution in [-0.4, -0.2) is 44.8 Å². The molecule has 0 bridgehead atoms. The van der Waals surface area contributed by atoms with Gasteiger partial charge in [-0.2, -0.15) is 4.31 Å². The first-order chi connectivity index (χ1) is 9.79. The number of benzene rings is 1. The van der Waals surface area contributed by atoms with Crippen LogP contribution in [0.15, 0.2) is 27.6 Å². The Kier molecular flexibility index (Phi) is 3.74. The molecule has 0 unspecified atom stereocenters. The van der Waals surface area contributed by atoms with Gasteiger partial charge in [0.2, 0.25) is 10.0 Å². The number of hydrogen-bond acceptors (Lipinski definition) is 3. The molecule has 1 aromatic carbocycles. The second-order valence-corrected chi connectivity index (χ2v) is 8.19. The minimum absolute atomic E-state index is 0.173. The lowest BCUT2D eigenvalue weighted by Crippen LogP contribution is -2.41. The molecule has 0 aromatic heterocycles. The Bertz CT molecular complexity index is 662. The highest BCUT2D eigenvalue weighted by atomic mass is 79.9. The summed E-state index contributed by atoms with van der Waals surface area (Å²) in [7, 11) is -3.45. The second-order valence-electron chi connectivity index (χ2n) is 5.40. The fraction of sp³-hybridized carbons (Fsp3) is 0.538. The van der Waals surface area contributed by atoms with E-state index < -0.39 is 15.9 Å². The van der Waals surface area contributed by atoms with E-state index in [0.29, 0.717) is 23.2 Å². The topological polar surface area (TPSA) is 40.6 Å². The Morgan fingerprint density at radius 3 is 2.38 bits per heavy atom. The smallest absolute Gasteiger partial charge is 0.266 e. The SMILES string of the molecule is O=S(=O)(c1ccc(N2CCC(F)(F)C2)c(Br)c1)N1CCC1. The normalized spacial score (nSPS) is 22.3. The van der Waals surface area contributed by atoms with E-state index in [0.717, 1.165) is 6.42 Å². The molecule has 2 aliphatic rings. The van der Waals surface area contributed by atoms with Crippen LogP contribution in [0.2, 0.25) is 0 Å². The van der Waals surface area contributed by atoms with Gasteiger partial charge in [-0.1, -0.05) is 0 Å². The molecule has 0 atom stereocenters. The van der Waals surface area contributed by atoms with Crippen LogP contribution in [-0.2, 0) is 10.0 Å². The van der Waals surface area contributed by atoms with Crippen molar-refractivity contribution in [2.75, 3.05) is 31.1 Å². The Labute approximate surface area is 130 Å². The van der Waals surface area contributed by atoms with Gasteiger partial charge in [-0.3, -0.25) is 0 Å². The maximum atomic E-state index is 13.3. The Balaban J connectivity index is 1.87. The molecule has 116 valence electrons. The summed E-state index contributed by atoms with van der Waals surface area (Å²) >= 11 is 3.31. The third kappa shape index (κ3) is 2.80. The minimum atomic E-state index is -3.45. The van der Waals surface area contributed by atoms with Crippen molar-refractivity contribution < 1.29 is 17.2 Å². The standard InChI is InChI=1S/C13H15BrF2N2O2S/c14-11-8-10(21(19,20)18-5-1-6-18)2-3-12(11)17-7-4-13(15,16)9-17/h2-3,8H,1,4-7,9H2. The molecular formula is C13H15BrF2N2O2S. The molecule has 4 nitrogen and oxygen atoms in total. The van der Waals surface area contributed by atoms with Crippen LogP contribution in [0.1, 0.15) is 12.8 Å². The molecule has 2 saturated heterocycles. The zero-order valence-electron chi connectivity index (χ0n) is 11.2. The summed E-state index contributed by atoms with van der Waals surface area (Å²) in [4.78, 5) is 1.77. The number of hydrogen-bond donors (Lipinski definition) is 0. The zero-order valence-corrected chi connectivity index (χ0v) is 13.6. The van der Waals surface area contributed by atoms with Crippen LogP contribution in [0.5, 0.6) is 0 Å². The molecule has 0 saturated carbocycles. The lowest BCUT2D eigenvalue weighted by atomic mass is 10.3. The van der Waals surface area contributed by atoms with Crippen LogP contribution in [0.25, 0.3) is 0 Å². The highest BCUT2D eigenvalue weighted by Gasteiger charge is 2.39. The van der Waals surface area contributed by atoms with Gasteiger partial charge in [-0.05, 0) is 40.5 Å². The number of alkyl halides is 2. The van der Waals surface area contributed by atoms with Crippen molar-refractivity contribution in [3.63, 3.8) is 0 Å². The van der Waals surface area contributed by atoms with Gasteiger partial charge >= 0.3 is 0 Å². The lowest BCUT2D eigenvalue weighted by Gasteiger charge is -2.30. The molecule has 0 radical (unpaired) electrons. The van der Waals surface area contributed by atoms with Gasteiger partial charge in [-0.15, -0.1) is 0 Å². The first-order valence-corrected chi connectivity index (χ1v) is 8.95. The van der Waals surface area contributed by atoms with Gasteiger partial charge in [0.15, 0.2) is 0 Å². The fourth-order valence-corrected chi connectivity index (χ4v) is 4.85. The third-order valence-corrected chi connectivity index (χ3v) is 6.41. The number of nitrogens with zero attached hydrogens (tertiary/aromatic N) is 2. The lowest BCUT2D eigenvalue weighted by molar-refractivity contribution is 0.0257. The molecule has 0 amide bonds. The maximum absolute atomic E-state index is 13.3. The molecule has 8 heteroatoms. The predicted octanol–water partition coefficient (Wildman–Crippen LogP) is 2.69. The van der Waals surface area contributed by atoms with Crippen LogP contribution >= 0.6 is 15.9 Å². The predicted molar refractivity (Wildman–Crippen MR) is 79.3 cm³/mol. The highest BCUT2D eigenvalue weighted by molar-refractivity contribution is 9.10. The summed E-state index contributed by atoms with van der Waals surface area (Å²) < 4.78 is 53.1. The Morgan fingerprint density at radius 2 is 1.90 bits per heavy atom. The number of rotatable bonds is 3. The van der Waals surface area contributed by atoms with E-state index in [9.17, 15) is 17.2 Å². The van der Waals surface area contributed by atoms with Crippen LogP contribution in [0.4, 0.5) is 14.5 Å². The molecule has 21 heavy (non-hydrogen) atoms. The van der Waals surface area contributed by atoms with Crippen molar-refractivity contribution in [2.24, 2.45) is 0 Å². The van der Waals surface area contributed by atoms with Gasteiger partial charge in [-0.25, -0.2) is 17.2 Å². The third-order valence-electron chi connectivity index (χ3n) is 3.88. The number of sulfonamides is 1. The van der Waals surface area contributed by atoms with E-state index in [1.165, 1.54) is 16.4 Å². The molecular weight excluding hydrogens is 366 g/mol. The van der Waals surface area contributed by atoms with Crippen LogP contribution in [0, 0.1) is 0 Å². The van der Waals surface area contributed by atoms with Crippen molar-refractivity contribution in [2.45, 2.75) is 23.7 Å². The van der Waals surface area contributed by atoms with Crippen molar-refractivity contribution in [1.29, 1.82) is 0 Å². The molecule has 3 rings (SSSR count). The quantitative estimate of drug-likeness (QED) is 0.809. The highest BCUT2D eigenvalue weighted by Crippen LogP contribution is 2.36. The molecule has 0 N–H and O–H groups in total. The van der Waals surface area contributed by atoms with E-state index in [4.69, 9.17) is 0 Å². The molecule has 2 aliphatic heterocycles. The largest absolute Gasteiger partial charge is 0.364 e. The minimum Gasteiger partial charge on any atom is -0.364 e. The van der Waals surface area contributed by atoms with Crippen molar-refractivity contribution in [3.05, 3.63) is 22.7 Å². The van der Waals surface area contributed by atoms with E-state index in [1.54, 1.807) is 11.0 Å². The molecule has 2 heterocycles. The molecule has 1 aromatic rings. The van der Waals surface area contributed by atoms with Crippen molar-refractivity contribution in [1.82, 2.24) is 4.31 Å². The molecule has 0 aliphatic carbocycles. The monoisotopic (exact) mass is 380 g/mol. The van der Waals surface area contributed by atoms with Gasteiger partial charge in [0, 0.05) is 30.5 Å². The Hall–Kier alpha value is -0.730. The average Bonchev–Trinajstić information content (AvgIpc) is 2.66. The fourth-order valence-electron chi connectivity index (χ4n) is 2.52. The molecule has 2 fully saturated rings. The van der Waals surface area contributed by atoms with Crippen molar-refractivity contribution in [3.8, 4) is 0 Å². The maximum Gasteiger partial charge on any atom is 0.266 e. The average molecular weight is 381 g/mol. The first kappa shape index (κ1) is 15.2. The zero-order chi connectivity index (χ0) is 15.3. The summed E-state index contributed by atoms with van der Waals surface area (Å²) in [6.07, 6.45) is 0.703. The van der Waals surface area contributed by atoms with E-state index in [2.05, 4.69) is 15.9 Å². The van der Waals surface area contributed by atoms with Gasteiger partial charge < -0.3 is 4.90 Å². The molecule has 0 spiro atoms. The van der Waals surface area contributed by atoms with Crippen molar-refractivity contribution >= 4 is 31.6 Å². The second kappa shape index (κ2) is 5.17. The van der Waals surface area contributed by atoms with E-state index >= 15 is 0 Å². The van der Waals surface area contributed by atoms with Crippen LogP contribution in [0.3, 0.4) is 0 Å². The van der Waals surface area contributed by atoms with Gasteiger partial charge in [0.25, 0.3) is 5.92 Å². The summed E-state index contributed by atoms with van der Waals surface area (Å²) in [5, 5.41) is 0. The summed E-state index contributed by atoms with van der Waals surface area (Å²) in [6.45, 7) is 1.02. The van der Waals surface area contributed by atoms with E-state index in [1.807, 2.05) is 0 Å².